The monoisotopic (exact) mass is 241 g/mol. The molecule has 0 radical (unpaired) electrons. The first kappa shape index (κ1) is 14.9. The van der Waals surface area contributed by atoms with Crippen molar-refractivity contribution >= 4 is 0 Å². The van der Waals surface area contributed by atoms with Crippen LogP contribution < -0.4 is 5.32 Å². The number of hydrogen-bond donors (Lipinski definition) is 1. The van der Waals surface area contributed by atoms with Gasteiger partial charge in [0.1, 0.15) is 0 Å². The van der Waals surface area contributed by atoms with Crippen molar-refractivity contribution in [2.75, 3.05) is 39.3 Å². The molecule has 0 aromatic rings. The fourth-order valence-corrected chi connectivity index (χ4v) is 2.69. The van der Waals surface area contributed by atoms with Crippen LogP contribution in [0.1, 0.15) is 40.5 Å². The van der Waals surface area contributed by atoms with E-state index in [4.69, 9.17) is 0 Å². The van der Waals surface area contributed by atoms with Crippen LogP contribution in [0.4, 0.5) is 0 Å². The molecule has 0 aliphatic carbocycles. The molecule has 1 fully saturated rings. The fourth-order valence-electron chi connectivity index (χ4n) is 2.69. The van der Waals surface area contributed by atoms with Gasteiger partial charge in [0.2, 0.25) is 0 Å². The lowest BCUT2D eigenvalue weighted by Crippen LogP contribution is -2.54. The molecule has 2 atom stereocenters. The van der Waals surface area contributed by atoms with Crippen LogP contribution in [0.2, 0.25) is 0 Å². The Bertz CT molecular complexity index is 196. The quantitative estimate of drug-likeness (QED) is 0.686. The first-order valence-corrected chi connectivity index (χ1v) is 7.37. The van der Waals surface area contributed by atoms with Crippen LogP contribution in [-0.2, 0) is 0 Å². The molecular weight excluding hydrogens is 210 g/mol. The molecule has 0 bridgehead atoms. The van der Waals surface area contributed by atoms with Crippen LogP contribution in [0.5, 0.6) is 0 Å². The van der Waals surface area contributed by atoms with E-state index < -0.39 is 0 Å². The maximum absolute atomic E-state index is 3.50. The van der Waals surface area contributed by atoms with E-state index in [9.17, 15) is 0 Å². The van der Waals surface area contributed by atoms with Crippen LogP contribution in [0.15, 0.2) is 0 Å². The number of hydrogen-bond acceptors (Lipinski definition) is 3. The summed E-state index contributed by atoms with van der Waals surface area (Å²) in [5, 5.41) is 3.50. The maximum atomic E-state index is 3.50. The van der Waals surface area contributed by atoms with Crippen LogP contribution in [0.25, 0.3) is 0 Å². The van der Waals surface area contributed by atoms with E-state index in [2.05, 4.69) is 42.8 Å². The van der Waals surface area contributed by atoms with Gasteiger partial charge < -0.3 is 5.32 Å². The smallest absolute Gasteiger partial charge is 0.0195 e. The SMILES string of the molecule is CCCNCCC(C)N1CCN(CC)C(C)C1. The van der Waals surface area contributed by atoms with Gasteiger partial charge in [0.15, 0.2) is 0 Å². The second-order valence-electron chi connectivity index (χ2n) is 5.36. The molecule has 0 aromatic carbocycles. The molecule has 1 aliphatic rings. The number of likely N-dealkylation sites (N-methyl/N-ethyl adjacent to an activating group) is 1. The van der Waals surface area contributed by atoms with Gasteiger partial charge >= 0.3 is 0 Å². The van der Waals surface area contributed by atoms with Crippen LogP contribution in [-0.4, -0.2) is 61.2 Å². The summed E-state index contributed by atoms with van der Waals surface area (Å²) in [6.45, 7) is 16.5. The summed E-state index contributed by atoms with van der Waals surface area (Å²) in [6.07, 6.45) is 2.51. The van der Waals surface area contributed by atoms with E-state index in [1.165, 1.54) is 39.0 Å². The van der Waals surface area contributed by atoms with Crippen LogP contribution in [0, 0.1) is 0 Å². The Morgan fingerprint density at radius 2 is 2.00 bits per heavy atom. The zero-order chi connectivity index (χ0) is 12.7. The second-order valence-corrected chi connectivity index (χ2v) is 5.36. The first-order chi connectivity index (χ1) is 8.19. The minimum Gasteiger partial charge on any atom is -0.317 e. The molecule has 0 amide bonds. The highest BCUT2D eigenvalue weighted by Crippen LogP contribution is 2.13. The summed E-state index contributed by atoms with van der Waals surface area (Å²) in [5.74, 6) is 0. The summed E-state index contributed by atoms with van der Waals surface area (Å²) >= 11 is 0. The van der Waals surface area contributed by atoms with E-state index in [0.29, 0.717) is 0 Å². The van der Waals surface area contributed by atoms with E-state index in [0.717, 1.165) is 25.2 Å². The second kappa shape index (κ2) is 8.06. The molecule has 1 saturated heterocycles. The Labute approximate surface area is 108 Å². The van der Waals surface area contributed by atoms with Gasteiger partial charge in [-0.1, -0.05) is 13.8 Å². The highest BCUT2D eigenvalue weighted by Gasteiger charge is 2.24. The average molecular weight is 241 g/mol. The summed E-state index contributed by atoms with van der Waals surface area (Å²) in [6, 6.07) is 1.45. The van der Waals surface area contributed by atoms with Gasteiger partial charge in [0.25, 0.3) is 0 Å². The Balaban J connectivity index is 2.21. The van der Waals surface area contributed by atoms with Crippen molar-refractivity contribution in [1.82, 2.24) is 15.1 Å². The highest BCUT2D eigenvalue weighted by atomic mass is 15.3. The van der Waals surface area contributed by atoms with Gasteiger partial charge in [-0.3, -0.25) is 9.80 Å². The summed E-state index contributed by atoms with van der Waals surface area (Å²) in [5.41, 5.74) is 0. The van der Waals surface area contributed by atoms with Gasteiger partial charge in [-0.25, -0.2) is 0 Å². The Morgan fingerprint density at radius 1 is 1.24 bits per heavy atom. The third kappa shape index (κ3) is 4.94. The summed E-state index contributed by atoms with van der Waals surface area (Å²) in [4.78, 5) is 5.24. The Hall–Kier alpha value is -0.120. The van der Waals surface area contributed by atoms with Crippen molar-refractivity contribution in [3.05, 3.63) is 0 Å². The lowest BCUT2D eigenvalue weighted by Gasteiger charge is -2.42. The predicted octanol–water partition coefficient (Wildman–Crippen LogP) is 1.79. The van der Waals surface area contributed by atoms with E-state index in [1.54, 1.807) is 0 Å². The van der Waals surface area contributed by atoms with Gasteiger partial charge in [0.05, 0.1) is 0 Å². The van der Waals surface area contributed by atoms with Crippen molar-refractivity contribution in [3.8, 4) is 0 Å². The lowest BCUT2D eigenvalue weighted by atomic mass is 10.1. The van der Waals surface area contributed by atoms with Gasteiger partial charge in [-0.05, 0) is 46.3 Å². The third-order valence-corrected chi connectivity index (χ3v) is 3.99. The standard InChI is InChI=1S/C14H31N3/c1-5-8-15-9-7-13(3)17-11-10-16(6-2)14(4)12-17/h13-15H,5-12H2,1-4H3. The highest BCUT2D eigenvalue weighted by molar-refractivity contribution is 4.81. The van der Waals surface area contributed by atoms with E-state index in [-0.39, 0.29) is 0 Å². The number of piperazine rings is 1. The Kier molecular flexibility index (Phi) is 7.09. The maximum Gasteiger partial charge on any atom is 0.0195 e. The molecule has 17 heavy (non-hydrogen) atoms. The zero-order valence-corrected chi connectivity index (χ0v) is 12.2. The normalized spacial score (nSPS) is 25.1. The van der Waals surface area contributed by atoms with Gasteiger partial charge in [-0.15, -0.1) is 0 Å². The lowest BCUT2D eigenvalue weighted by molar-refractivity contribution is 0.0614. The van der Waals surface area contributed by atoms with Crippen LogP contribution in [0.3, 0.4) is 0 Å². The van der Waals surface area contributed by atoms with Crippen LogP contribution >= 0.6 is 0 Å². The van der Waals surface area contributed by atoms with Gasteiger partial charge in [0, 0.05) is 31.7 Å². The van der Waals surface area contributed by atoms with Crippen molar-refractivity contribution in [2.45, 2.75) is 52.6 Å². The number of nitrogens with zero attached hydrogens (tertiary/aromatic N) is 2. The number of rotatable bonds is 7. The van der Waals surface area contributed by atoms with Crippen molar-refractivity contribution in [3.63, 3.8) is 0 Å². The fraction of sp³-hybridized carbons (Fsp3) is 1.00. The van der Waals surface area contributed by atoms with Crippen molar-refractivity contribution in [2.24, 2.45) is 0 Å². The largest absolute Gasteiger partial charge is 0.317 e. The molecule has 0 saturated carbocycles. The molecule has 0 aromatic heterocycles. The third-order valence-electron chi connectivity index (χ3n) is 3.99. The molecule has 3 heteroatoms. The average Bonchev–Trinajstić information content (AvgIpc) is 2.34. The molecule has 1 heterocycles. The van der Waals surface area contributed by atoms with Gasteiger partial charge in [-0.2, -0.15) is 0 Å². The number of nitrogens with one attached hydrogen (secondary N) is 1. The predicted molar refractivity (Wildman–Crippen MR) is 75.5 cm³/mol. The molecule has 1 rings (SSSR count). The van der Waals surface area contributed by atoms with E-state index in [1.807, 2.05) is 0 Å². The molecule has 3 nitrogen and oxygen atoms in total. The molecule has 102 valence electrons. The van der Waals surface area contributed by atoms with Crippen molar-refractivity contribution < 1.29 is 0 Å². The van der Waals surface area contributed by atoms with Crippen molar-refractivity contribution in [1.29, 1.82) is 0 Å². The minimum absolute atomic E-state index is 0.722. The summed E-state index contributed by atoms with van der Waals surface area (Å²) < 4.78 is 0. The minimum atomic E-state index is 0.722. The summed E-state index contributed by atoms with van der Waals surface area (Å²) in [7, 11) is 0. The topological polar surface area (TPSA) is 18.5 Å². The molecule has 1 aliphatic heterocycles. The first-order valence-electron chi connectivity index (χ1n) is 7.37. The zero-order valence-electron chi connectivity index (χ0n) is 12.2. The van der Waals surface area contributed by atoms with E-state index >= 15 is 0 Å². The molecule has 0 spiro atoms. The molecular formula is C14H31N3. The molecule has 2 unspecified atom stereocenters. The molecule has 1 N–H and O–H groups in total. The Morgan fingerprint density at radius 3 is 2.59 bits per heavy atom.